The number of ether oxygens (including phenoxy) is 1. The molecule has 0 fully saturated rings. The Morgan fingerprint density at radius 1 is 0.763 bits per heavy atom. The van der Waals surface area contributed by atoms with Crippen molar-refractivity contribution >= 4 is 29.4 Å². The van der Waals surface area contributed by atoms with Crippen LogP contribution < -0.4 is 26.0 Å². The van der Waals surface area contributed by atoms with Gasteiger partial charge in [-0.15, -0.1) is 0 Å². The predicted molar refractivity (Wildman–Crippen MR) is 132 cm³/mol. The van der Waals surface area contributed by atoms with Crippen LogP contribution in [0.2, 0.25) is 0 Å². The molecule has 7 rings (SSSR count). The number of carbonyl (C=O) groups excluding carboxylic acids is 2. The summed E-state index contributed by atoms with van der Waals surface area (Å²) in [6.07, 6.45) is -4.56. The summed E-state index contributed by atoms with van der Waals surface area (Å²) in [7, 11) is 0. The Labute approximate surface area is 216 Å². The lowest BCUT2D eigenvalue weighted by atomic mass is 9.91. The maximum absolute atomic E-state index is 12.7. The minimum absolute atomic E-state index is 0.0171. The minimum atomic E-state index is -4.56. The van der Waals surface area contributed by atoms with Crippen LogP contribution in [0.15, 0.2) is 48.5 Å². The average Bonchev–Trinajstić information content (AvgIpc) is 2.88. The number of hydrogen-bond donors (Lipinski definition) is 4. The van der Waals surface area contributed by atoms with Crippen molar-refractivity contribution < 1.29 is 27.5 Å². The lowest BCUT2D eigenvalue weighted by Crippen LogP contribution is -2.47. The largest absolute Gasteiger partial charge is 0.454 e. The normalized spacial score (nSPS) is 15.9. The lowest BCUT2D eigenvalue weighted by Gasteiger charge is -2.23. The fourth-order valence-electron chi connectivity index (χ4n) is 3.40. The summed E-state index contributed by atoms with van der Waals surface area (Å²) in [6, 6.07) is 13.6. The number of anilines is 3. The maximum Gasteiger partial charge on any atom is 0.422 e. The van der Waals surface area contributed by atoms with Gasteiger partial charge >= 0.3 is 12.2 Å². The van der Waals surface area contributed by atoms with E-state index >= 15 is 0 Å². The fraction of sp³-hybridized carbons (Fsp3) is 0.320. The summed E-state index contributed by atoms with van der Waals surface area (Å²) in [4.78, 5) is 37.6. The van der Waals surface area contributed by atoms with Gasteiger partial charge in [-0.2, -0.15) is 28.1 Å². The number of hydrogen-bond acceptors (Lipinski definition) is 8. The molecular weight excluding hydrogens is 503 g/mol. The molecule has 5 heterocycles. The second-order valence-corrected chi connectivity index (χ2v) is 9.15. The number of nitrogens with one attached hydrogen (secondary N) is 4. The molecule has 0 saturated carbocycles. The van der Waals surface area contributed by atoms with Gasteiger partial charge in [-0.1, -0.05) is 36.4 Å². The fourth-order valence-corrected chi connectivity index (χ4v) is 3.40. The first-order valence-corrected chi connectivity index (χ1v) is 11.7. The number of rotatable bonds is 2. The Kier molecular flexibility index (Phi) is 7.65. The first-order valence-electron chi connectivity index (χ1n) is 11.7. The highest BCUT2D eigenvalue weighted by molar-refractivity contribution is 6.04. The summed E-state index contributed by atoms with van der Waals surface area (Å²) < 4.78 is 42.8. The van der Waals surface area contributed by atoms with Crippen LogP contribution in [0.1, 0.15) is 30.5 Å². The number of nitrogens with zero attached hydrogens (tertiary/aromatic N) is 3. The standard InChI is InChI=1S/C25H26F3N7O3/c1-24(2)19(36)29-11-15-3-5-16(6-4-15)13-31-21-33-22(35-23(34-21)38-14-25(26,27)28)32-18-9-7-17(8-10-18)12-30-20(24)37/h3-10H,11-14H2,1-2H3,(H,29,36)(H,30,37)(H2,31,32,33,34,35). The zero-order valence-corrected chi connectivity index (χ0v) is 20.6. The molecule has 0 aliphatic carbocycles. The smallest absolute Gasteiger partial charge is 0.422 e. The highest BCUT2D eigenvalue weighted by atomic mass is 19.4. The third kappa shape index (κ3) is 7.08. The molecule has 4 N–H and O–H groups in total. The predicted octanol–water partition coefficient (Wildman–Crippen LogP) is 3.44. The second kappa shape index (κ2) is 10.9. The average molecular weight is 530 g/mol. The van der Waals surface area contributed by atoms with Crippen molar-refractivity contribution in [3.63, 3.8) is 0 Å². The number of aromatic nitrogens is 3. The molecule has 13 heteroatoms. The Balaban J connectivity index is 1.62. The maximum atomic E-state index is 12.7. The molecule has 3 aromatic rings. The van der Waals surface area contributed by atoms with Crippen molar-refractivity contribution in [3.8, 4) is 6.01 Å². The van der Waals surface area contributed by atoms with Crippen LogP contribution in [0.5, 0.6) is 6.01 Å². The van der Waals surface area contributed by atoms with E-state index in [0.717, 1.165) is 16.7 Å². The van der Waals surface area contributed by atoms with Crippen molar-refractivity contribution in [1.82, 2.24) is 25.6 Å². The summed E-state index contributed by atoms with van der Waals surface area (Å²) in [5.74, 6) is -0.830. The van der Waals surface area contributed by atoms with Crippen molar-refractivity contribution in [1.29, 1.82) is 0 Å². The van der Waals surface area contributed by atoms with E-state index in [-0.39, 0.29) is 31.5 Å². The van der Waals surface area contributed by atoms with E-state index in [4.69, 9.17) is 4.74 Å². The molecule has 10 nitrogen and oxygen atoms in total. The Morgan fingerprint density at radius 3 is 1.76 bits per heavy atom. The molecule has 6 bridgehead atoms. The first-order chi connectivity index (χ1) is 18.0. The molecule has 38 heavy (non-hydrogen) atoms. The second-order valence-electron chi connectivity index (χ2n) is 9.15. The van der Waals surface area contributed by atoms with E-state index in [1.54, 1.807) is 38.1 Å². The van der Waals surface area contributed by atoms with Crippen LogP contribution in [-0.2, 0) is 29.2 Å². The first kappa shape index (κ1) is 26.6. The van der Waals surface area contributed by atoms with Gasteiger partial charge in [0.2, 0.25) is 23.7 Å². The van der Waals surface area contributed by atoms with Crippen LogP contribution in [0.4, 0.5) is 30.8 Å². The van der Waals surface area contributed by atoms with Crippen molar-refractivity contribution in [2.75, 3.05) is 17.2 Å². The van der Waals surface area contributed by atoms with Gasteiger partial charge in [0.15, 0.2) is 6.61 Å². The number of carbonyl (C=O) groups is 2. The van der Waals surface area contributed by atoms with Crippen LogP contribution in [-0.4, -0.2) is 39.5 Å². The lowest BCUT2D eigenvalue weighted by molar-refractivity contribution is -0.154. The Bertz CT molecular complexity index is 1300. The molecule has 0 spiro atoms. The van der Waals surface area contributed by atoms with E-state index in [1.165, 1.54) is 0 Å². The van der Waals surface area contributed by atoms with Gasteiger partial charge in [0.05, 0.1) is 0 Å². The third-order valence-electron chi connectivity index (χ3n) is 5.70. The van der Waals surface area contributed by atoms with E-state index in [9.17, 15) is 22.8 Å². The molecule has 2 aromatic carbocycles. The van der Waals surface area contributed by atoms with Crippen molar-refractivity contribution in [3.05, 3.63) is 65.2 Å². The van der Waals surface area contributed by atoms with E-state index in [2.05, 4.69) is 36.2 Å². The third-order valence-corrected chi connectivity index (χ3v) is 5.70. The summed E-state index contributed by atoms with van der Waals surface area (Å²) >= 11 is 0. The van der Waals surface area contributed by atoms with Gasteiger partial charge in [0.1, 0.15) is 5.41 Å². The number of amides is 2. The summed E-state index contributed by atoms with van der Waals surface area (Å²) in [5, 5.41) is 11.5. The number of benzene rings is 2. The minimum Gasteiger partial charge on any atom is -0.454 e. The highest BCUT2D eigenvalue weighted by Crippen LogP contribution is 2.21. The quantitative estimate of drug-likeness (QED) is 0.372. The molecule has 2 amide bonds. The van der Waals surface area contributed by atoms with E-state index in [1.807, 2.05) is 24.3 Å². The molecule has 4 aliphatic heterocycles. The van der Waals surface area contributed by atoms with Crippen LogP contribution in [0, 0.1) is 5.41 Å². The molecule has 4 aliphatic rings. The van der Waals surface area contributed by atoms with Gasteiger partial charge in [0, 0.05) is 25.3 Å². The van der Waals surface area contributed by atoms with Gasteiger partial charge < -0.3 is 26.0 Å². The van der Waals surface area contributed by atoms with Crippen molar-refractivity contribution in [2.45, 2.75) is 39.7 Å². The van der Waals surface area contributed by atoms with Crippen LogP contribution in [0.3, 0.4) is 0 Å². The highest BCUT2D eigenvalue weighted by Gasteiger charge is 2.35. The SMILES string of the molecule is CC1(C)C(=O)NCc2ccc(cc2)CNc2nc(nc(OCC(F)(F)F)n2)Nc2ccc(cc2)CNC1=O. The monoisotopic (exact) mass is 529 g/mol. The van der Waals surface area contributed by atoms with Gasteiger partial charge in [-0.3, -0.25) is 9.59 Å². The van der Waals surface area contributed by atoms with E-state index in [0.29, 0.717) is 5.69 Å². The molecule has 0 unspecified atom stereocenters. The number of halogens is 3. The Hall–Kier alpha value is -4.42. The summed E-state index contributed by atoms with van der Waals surface area (Å²) in [6.45, 7) is 2.24. The zero-order valence-electron chi connectivity index (χ0n) is 20.6. The van der Waals surface area contributed by atoms with Crippen molar-refractivity contribution in [2.24, 2.45) is 5.41 Å². The van der Waals surface area contributed by atoms with Gasteiger partial charge in [-0.05, 0) is 42.7 Å². The molecule has 0 atom stereocenters. The topological polar surface area (TPSA) is 130 Å². The molecule has 200 valence electrons. The Morgan fingerprint density at radius 2 is 1.24 bits per heavy atom. The molecular formula is C25H26F3N7O3. The zero-order chi connectivity index (χ0) is 27.3. The molecule has 1 aromatic heterocycles. The van der Waals surface area contributed by atoms with Crippen LogP contribution >= 0.6 is 0 Å². The van der Waals surface area contributed by atoms with Crippen LogP contribution in [0.25, 0.3) is 0 Å². The summed E-state index contributed by atoms with van der Waals surface area (Å²) in [5.41, 5.74) is 1.66. The van der Waals surface area contributed by atoms with E-state index < -0.39 is 36.0 Å². The molecule has 0 radical (unpaired) electrons. The van der Waals surface area contributed by atoms with Gasteiger partial charge in [-0.25, -0.2) is 0 Å². The number of alkyl halides is 3. The molecule has 0 saturated heterocycles. The van der Waals surface area contributed by atoms with Gasteiger partial charge in [0.25, 0.3) is 0 Å².